The molecule has 0 saturated heterocycles. The van der Waals surface area contributed by atoms with Gasteiger partial charge < -0.3 is 4.74 Å². The van der Waals surface area contributed by atoms with Crippen LogP contribution in [0.4, 0.5) is 74.6 Å². The first kappa shape index (κ1) is 32.5. The molecule has 0 aliphatic rings. The third-order valence-electron chi connectivity index (χ3n) is 4.05. The molecule has 0 fully saturated rings. The van der Waals surface area contributed by atoms with Crippen LogP contribution in [-0.2, 0) is 10.1 Å². The molecule has 0 amide bonds. The van der Waals surface area contributed by atoms with Gasteiger partial charge in [0, 0.05) is 0 Å². The molecule has 22 heteroatoms. The first-order valence-electron chi connectivity index (χ1n) is 8.16. The maximum Gasteiger partial charge on any atom is 0.461 e. The van der Waals surface area contributed by atoms with E-state index in [2.05, 4.69) is 4.74 Å². The third-order valence-corrected chi connectivity index (χ3v) is 4.92. The van der Waals surface area contributed by atoms with Crippen LogP contribution in [0.5, 0.6) is 5.75 Å². The summed E-state index contributed by atoms with van der Waals surface area (Å²) in [6, 6.07) is -0.859. The number of alkyl halides is 16. The van der Waals surface area contributed by atoms with E-state index in [0.717, 1.165) is 0 Å². The molecule has 1 aromatic carbocycles. The summed E-state index contributed by atoms with van der Waals surface area (Å²) in [5.41, 5.74) is -13.4. The van der Waals surface area contributed by atoms with Gasteiger partial charge >= 0.3 is 42.2 Å². The van der Waals surface area contributed by atoms with Crippen LogP contribution in [0.15, 0.2) is 40.6 Å². The average Bonchev–Trinajstić information content (AvgIpc) is 2.62. The fraction of sp³-hybridized carbons (Fsp3) is 0.467. The fourth-order valence-electron chi connectivity index (χ4n) is 2.33. The zero-order valence-corrected chi connectivity index (χ0v) is 17.1. The van der Waals surface area contributed by atoms with E-state index in [4.69, 9.17) is 4.55 Å². The second-order valence-corrected chi connectivity index (χ2v) is 7.98. The summed E-state index contributed by atoms with van der Waals surface area (Å²) >= 11 is 0. The zero-order chi connectivity index (χ0) is 29.8. The summed E-state index contributed by atoms with van der Waals surface area (Å²) in [5, 5.41) is 0. The van der Waals surface area contributed by atoms with Gasteiger partial charge in [0.1, 0.15) is 5.75 Å². The number of benzene rings is 1. The highest BCUT2D eigenvalue weighted by Crippen LogP contribution is 2.59. The van der Waals surface area contributed by atoms with Crippen LogP contribution in [0.25, 0.3) is 0 Å². The molecule has 0 aliphatic carbocycles. The van der Waals surface area contributed by atoms with Crippen molar-refractivity contribution in [1.29, 1.82) is 0 Å². The summed E-state index contributed by atoms with van der Waals surface area (Å²) in [6.07, 6.45) is -31.2. The molecule has 0 heterocycles. The van der Waals surface area contributed by atoms with Gasteiger partial charge in [0.05, 0.1) is 4.90 Å². The lowest BCUT2D eigenvalue weighted by Crippen LogP contribution is -2.63. The van der Waals surface area contributed by atoms with Crippen molar-refractivity contribution in [1.82, 2.24) is 0 Å². The number of halogens is 17. The third kappa shape index (κ3) is 5.67. The number of rotatable bonds is 6. The number of hydrogen-bond acceptors (Lipinski definition) is 3. The van der Waals surface area contributed by atoms with Crippen LogP contribution < -0.4 is 4.74 Å². The van der Waals surface area contributed by atoms with E-state index < -0.39 is 74.3 Å². The Morgan fingerprint density at radius 3 is 1.32 bits per heavy atom. The summed E-state index contributed by atoms with van der Waals surface area (Å²) in [4.78, 5) is -1.33. The lowest BCUT2D eigenvalue weighted by molar-refractivity contribution is -0.364. The van der Waals surface area contributed by atoms with E-state index in [-0.39, 0.29) is 24.3 Å². The molecule has 4 nitrogen and oxygen atoms in total. The van der Waals surface area contributed by atoms with Crippen molar-refractivity contribution in [3.63, 3.8) is 0 Å². The average molecular weight is 604 g/mol. The van der Waals surface area contributed by atoms with Crippen LogP contribution in [-0.4, -0.2) is 55.1 Å². The van der Waals surface area contributed by atoms with Gasteiger partial charge in [0.25, 0.3) is 10.1 Å². The molecule has 1 rings (SSSR count). The normalized spacial score (nSPS) is 17.2. The number of ether oxygens (including phenoxy) is 1. The highest BCUT2D eigenvalue weighted by atomic mass is 32.2. The SMILES string of the molecule is O=S(=O)(O)c1ccc(OC(F)(/C(=C(\F)C(F)(C(F)(F)F)C(F)(F)F)C(F)(F)F)C(F)(F)C(F)(F)F)cc1. The van der Waals surface area contributed by atoms with Crippen molar-refractivity contribution in [2.75, 3.05) is 0 Å². The molecule has 0 aliphatic heterocycles. The molecule has 1 aromatic rings. The standard InChI is InChI=1S/C15H5F17O4S/c16-8(9(17,13(24,25)26)14(27,28)29)7(11(19,20)21)10(18,12(22,23)15(30,31)32)36-5-1-3-6(4-2-5)37(33,34)35/h1-4H,(H,33,34,35)/b8-7+. The minimum atomic E-state index is -8.00. The van der Waals surface area contributed by atoms with Crippen molar-refractivity contribution in [2.45, 2.75) is 47.0 Å². The summed E-state index contributed by atoms with van der Waals surface area (Å²) in [6.45, 7) is 0. The number of allylic oxidation sites excluding steroid dienone is 1. The molecule has 0 bridgehead atoms. The Morgan fingerprint density at radius 1 is 0.676 bits per heavy atom. The minimum Gasteiger partial charge on any atom is -0.448 e. The van der Waals surface area contributed by atoms with E-state index in [0.29, 0.717) is 0 Å². The van der Waals surface area contributed by atoms with Gasteiger partial charge in [-0.2, -0.15) is 74.3 Å². The maximum atomic E-state index is 15.0. The fourth-order valence-corrected chi connectivity index (χ4v) is 2.81. The van der Waals surface area contributed by atoms with Crippen molar-refractivity contribution < 1.29 is 92.3 Å². The predicted octanol–water partition coefficient (Wildman–Crippen LogP) is 6.79. The van der Waals surface area contributed by atoms with Crippen molar-refractivity contribution in [3.05, 3.63) is 35.7 Å². The zero-order valence-electron chi connectivity index (χ0n) is 16.3. The van der Waals surface area contributed by atoms with E-state index in [1.807, 2.05) is 0 Å². The Kier molecular flexibility index (Phi) is 7.95. The Balaban J connectivity index is 4.26. The van der Waals surface area contributed by atoms with E-state index >= 15 is 4.39 Å². The molecule has 1 N–H and O–H groups in total. The van der Waals surface area contributed by atoms with E-state index in [1.165, 1.54) is 0 Å². The maximum absolute atomic E-state index is 15.0. The molecule has 1 atom stereocenters. The van der Waals surface area contributed by atoms with Gasteiger partial charge in [-0.3, -0.25) is 4.55 Å². The summed E-state index contributed by atoms with van der Waals surface area (Å²) in [5.74, 6) is -23.0. The molecular formula is C15H5F17O4S. The van der Waals surface area contributed by atoms with Crippen LogP contribution in [0.3, 0.4) is 0 Å². The predicted molar refractivity (Wildman–Crippen MR) is 81.9 cm³/mol. The second kappa shape index (κ2) is 9.05. The van der Waals surface area contributed by atoms with Gasteiger partial charge in [-0.15, -0.1) is 0 Å². The van der Waals surface area contributed by atoms with Crippen molar-refractivity contribution in [3.8, 4) is 5.75 Å². The molecule has 0 spiro atoms. The highest BCUT2D eigenvalue weighted by molar-refractivity contribution is 7.85. The molecular weight excluding hydrogens is 599 g/mol. The Hall–Kier alpha value is -2.52. The van der Waals surface area contributed by atoms with Crippen molar-refractivity contribution in [2.24, 2.45) is 0 Å². The lowest BCUT2D eigenvalue weighted by atomic mass is 9.91. The largest absolute Gasteiger partial charge is 0.461 e. The van der Waals surface area contributed by atoms with E-state index in [1.54, 1.807) is 0 Å². The molecule has 214 valence electrons. The van der Waals surface area contributed by atoms with Gasteiger partial charge in [-0.1, -0.05) is 0 Å². The molecule has 0 radical (unpaired) electrons. The van der Waals surface area contributed by atoms with Gasteiger partial charge in [0.15, 0.2) is 11.4 Å². The quantitative estimate of drug-likeness (QED) is 0.287. The first-order valence-corrected chi connectivity index (χ1v) is 9.60. The molecule has 0 saturated carbocycles. The van der Waals surface area contributed by atoms with Crippen LogP contribution in [0.2, 0.25) is 0 Å². The van der Waals surface area contributed by atoms with Gasteiger partial charge in [0.2, 0.25) is 0 Å². The van der Waals surface area contributed by atoms with Gasteiger partial charge in [-0.25, -0.2) is 8.78 Å². The smallest absolute Gasteiger partial charge is 0.448 e. The topological polar surface area (TPSA) is 63.6 Å². The van der Waals surface area contributed by atoms with Crippen LogP contribution >= 0.6 is 0 Å². The highest BCUT2D eigenvalue weighted by Gasteiger charge is 2.83. The Bertz CT molecular complexity index is 1110. The molecule has 0 aromatic heterocycles. The number of hydrogen-bond donors (Lipinski definition) is 1. The van der Waals surface area contributed by atoms with E-state index in [9.17, 15) is 78.7 Å². The van der Waals surface area contributed by atoms with Gasteiger partial charge in [-0.05, 0) is 24.3 Å². The lowest BCUT2D eigenvalue weighted by Gasteiger charge is -2.38. The summed E-state index contributed by atoms with van der Waals surface area (Å²) < 4.78 is 259. The summed E-state index contributed by atoms with van der Waals surface area (Å²) in [7, 11) is -5.25. The monoisotopic (exact) mass is 604 g/mol. The van der Waals surface area contributed by atoms with Crippen LogP contribution in [0.1, 0.15) is 0 Å². The molecule has 1 unspecified atom stereocenters. The minimum absolute atomic E-state index is 0.102. The Labute approximate surface area is 192 Å². The van der Waals surface area contributed by atoms with Crippen LogP contribution in [0, 0.1) is 0 Å². The second-order valence-electron chi connectivity index (χ2n) is 6.56. The van der Waals surface area contributed by atoms with Crippen molar-refractivity contribution >= 4 is 10.1 Å². The Morgan fingerprint density at radius 2 is 1.05 bits per heavy atom. The molecule has 37 heavy (non-hydrogen) atoms. The first-order chi connectivity index (χ1) is 16.0.